The van der Waals surface area contributed by atoms with Crippen molar-refractivity contribution in [2.75, 3.05) is 0 Å². The molecule has 3 nitrogen and oxygen atoms in total. The fourth-order valence-corrected chi connectivity index (χ4v) is 2.89. The molecular weight excluding hydrogens is 369 g/mol. The fraction of sp³-hybridized carbons (Fsp3) is 0.0769. The molecule has 21 heavy (non-hydrogen) atoms. The van der Waals surface area contributed by atoms with Crippen LogP contribution in [-0.4, -0.2) is 9.36 Å². The molecule has 0 radical (unpaired) electrons. The largest absolute Gasteiger partial charge is 0.452 e. The third-order valence-corrected chi connectivity index (χ3v) is 4.10. The quantitative estimate of drug-likeness (QED) is 0.613. The van der Waals surface area contributed by atoms with Gasteiger partial charge in [0.15, 0.2) is 0 Å². The van der Waals surface area contributed by atoms with Gasteiger partial charge < -0.3 is 4.74 Å². The standard InChI is InChI=1S/C13H6BrF3N2OS/c14-10-8-4-2-1-3-7(8)5-6-9(10)20-12-18-11(19-21-12)13(15,16)17/h1-6H. The van der Waals surface area contributed by atoms with E-state index in [1.54, 1.807) is 6.07 Å². The predicted molar refractivity (Wildman–Crippen MR) is 76.6 cm³/mol. The number of fused-ring (bicyclic) bond motifs is 1. The average Bonchev–Trinajstić information content (AvgIpc) is 2.91. The van der Waals surface area contributed by atoms with Crippen LogP contribution in [0.4, 0.5) is 13.2 Å². The Kier molecular flexibility index (Phi) is 3.58. The smallest absolute Gasteiger partial charge is 0.429 e. The molecule has 2 aromatic carbocycles. The first kappa shape index (κ1) is 14.3. The second-order valence-corrected chi connectivity index (χ2v) is 5.59. The second kappa shape index (κ2) is 5.27. The van der Waals surface area contributed by atoms with Gasteiger partial charge in [-0.3, -0.25) is 0 Å². The molecule has 0 aliphatic heterocycles. The number of nitrogens with zero attached hydrogens (tertiary/aromatic N) is 2. The summed E-state index contributed by atoms with van der Waals surface area (Å²) in [5.74, 6) is -0.807. The molecule has 0 N–H and O–H groups in total. The van der Waals surface area contributed by atoms with Crippen LogP contribution in [0.3, 0.4) is 0 Å². The van der Waals surface area contributed by atoms with E-state index in [1.807, 2.05) is 30.3 Å². The third kappa shape index (κ3) is 2.86. The minimum Gasteiger partial charge on any atom is -0.429 e. The van der Waals surface area contributed by atoms with Crippen molar-refractivity contribution in [3.8, 4) is 10.9 Å². The maximum atomic E-state index is 12.4. The first-order valence-electron chi connectivity index (χ1n) is 5.71. The van der Waals surface area contributed by atoms with Crippen molar-refractivity contribution in [1.82, 2.24) is 9.36 Å². The minimum atomic E-state index is -4.57. The van der Waals surface area contributed by atoms with E-state index in [0.29, 0.717) is 21.8 Å². The maximum Gasteiger partial charge on any atom is 0.452 e. The summed E-state index contributed by atoms with van der Waals surface area (Å²) in [4.78, 5) is 3.34. The summed E-state index contributed by atoms with van der Waals surface area (Å²) in [6.45, 7) is 0. The monoisotopic (exact) mass is 374 g/mol. The van der Waals surface area contributed by atoms with Gasteiger partial charge in [-0.15, -0.1) is 0 Å². The molecule has 0 bridgehead atoms. The Morgan fingerprint density at radius 1 is 1.10 bits per heavy atom. The number of hydrogen-bond acceptors (Lipinski definition) is 4. The van der Waals surface area contributed by atoms with Crippen LogP contribution in [0.25, 0.3) is 10.8 Å². The Hall–Kier alpha value is -1.67. The lowest BCUT2D eigenvalue weighted by atomic mass is 10.1. The molecule has 3 rings (SSSR count). The first-order chi connectivity index (χ1) is 9.95. The molecule has 0 spiro atoms. The molecule has 0 aliphatic rings. The van der Waals surface area contributed by atoms with Gasteiger partial charge in [-0.25, -0.2) is 0 Å². The Morgan fingerprint density at radius 2 is 1.86 bits per heavy atom. The zero-order chi connectivity index (χ0) is 15.0. The van der Waals surface area contributed by atoms with Gasteiger partial charge in [0.05, 0.1) is 4.47 Å². The Balaban J connectivity index is 1.95. The van der Waals surface area contributed by atoms with Crippen molar-refractivity contribution < 1.29 is 17.9 Å². The highest BCUT2D eigenvalue weighted by Crippen LogP contribution is 2.37. The molecule has 0 amide bonds. The normalized spacial score (nSPS) is 11.8. The molecule has 0 fully saturated rings. The lowest BCUT2D eigenvalue weighted by Crippen LogP contribution is -2.06. The summed E-state index contributed by atoms with van der Waals surface area (Å²) in [7, 11) is 0. The van der Waals surface area contributed by atoms with Crippen molar-refractivity contribution in [2.45, 2.75) is 6.18 Å². The van der Waals surface area contributed by atoms with Gasteiger partial charge >= 0.3 is 6.18 Å². The lowest BCUT2D eigenvalue weighted by molar-refractivity contribution is -0.144. The Labute approximate surface area is 129 Å². The van der Waals surface area contributed by atoms with E-state index in [-0.39, 0.29) is 5.19 Å². The van der Waals surface area contributed by atoms with Crippen LogP contribution < -0.4 is 4.74 Å². The highest BCUT2D eigenvalue weighted by atomic mass is 79.9. The molecule has 108 valence electrons. The maximum absolute atomic E-state index is 12.4. The van der Waals surface area contributed by atoms with E-state index in [1.165, 1.54) is 0 Å². The molecule has 8 heteroatoms. The molecule has 1 heterocycles. The fourth-order valence-electron chi connectivity index (χ4n) is 1.75. The van der Waals surface area contributed by atoms with Crippen LogP contribution in [0.2, 0.25) is 0 Å². The van der Waals surface area contributed by atoms with Gasteiger partial charge in [-0.2, -0.15) is 22.5 Å². The summed E-state index contributed by atoms with van der Waals surface area (Å²) < 4.78 is 46.6. The van der Waals surface area contributed by atoms with Crippen molar-refractivity contribution in [1.29, 1.82) is 0 Å². The van der Waals surface area contributed by atoms with Crippen LogP contribution >= 0.6 is 27.5 Å². The number of benzene rings is 2. The van der Waals surface area contributed by atoms with Gasteiger partial charge in [0.2, 0.25) is 0 Å². The van der Waals surface area contributed by atoms with Crippen molar-refractivity contribution >= 4 is 38.2 Å². The van der Waals surface area contributed by atoms with E-state index in [9.17, 15) is 13.2 Å². The van der Waals surface area contributed by atoms with Crippen LogP contribution in [0.1, 0.15) is 5.82 Å². The Morgan fingerprint density at radius 3 is 2.57 bits per heavy atom. The summed E-state index contributed by atoms with van der Waals surface area (Å²) in [6.07, 6.45) is -4.57. The van der Waals surface area contributed by atoms with Gasteiger partial charge in [-0.1, -0.05) is 30.3 Å². The van der Waals surface area contributed by atoms with Crippen molar-refractivity contribution in [3.63, 3.8) is 0 Å². The van der Waals surface area contributed by atoms with E-state index in [0.717, 1.165) is 10.8 Å². The molecule has 0 unspecified atom stereocenters. The van der Waals surface area contributed by atoms with E-state index >= 15 is 0 Å². The van der Waals surface area contributed by atoms with E-state index < -0.39 is 12.0 Å². The van der Waals surface area contributed by atoms with Crippen molar-refractivity contribution in [3.05, 3.63) is 46.7 Å². The number of hydrogen-bond donors (Lipinski definition) is 0. The number of alkyl halides is 3. The summed E-state index contributed by atoms with van der Waals surface area (Å²) in [5.41, 5.74) is 0. The predicted octanol–water partition coefficient (Wildman–Crippen LogP) is 5.26. The second-order valence-electron chi connectivity index (χ2n) is 4.08. The first-order valence-corrected chi connectivity index (χ1v) is 7.28. The molecule has 0 aliphatic carbocycles. The minimum absolute atomic E-state index is 0.154. The van der Waals surface area contributed by atoms with E-state index in [4.69, 9.17) is 4.74 Å². The number of rotatable bonds is 2. The van der Waals surface area contributed by atoms with Gasteiger partial charge in [0.1, 0.15) is 5.75 Å². The number of aromatic nitrogens is 2. The summed E-state index contributed by atoms with van der Waals surface area (Å²) >= 11 is 3.96. The highest BCUT2D eigenvalue weighted by molar-refractivity contribution is 9.10. The topological polar surface area (TPSA) is 35.0 Å². The summed E-state index contributed by atoms with van der Waals surface area (Å²) in [6, 6.07) is 11.1. The van der Waals surface area contributed by atoms with Gasteiger partial charge in [0, 0.05) is 11.5 Å². The summed E-state index contributed by atoms with van der Waals surface area (Å²) in [5, 5.41) is 1.74. The zero-order valence-corrected chi connectivity index (χ0v) is 12.6. The van der Waals surface area contributed by atoms with Crippen LogP contribution in [0.15, 0.2) is 40.9 Å². The van der Waals surface area contributed by atoms with Crippen molar-refractivity contribution in [2.24, 2.45) is 0 Å². The Bertz CT molecular complexity index is 803. The molecule has 3 aromatic rings. The van der Waals surface area contributed by atoms with Gasteiger partial charge in [0.25, 0.3) is 11.0 Å². The van der Waals surface area contributed by atoms with Gasteiger partial charge in [-0.05, 0) is 32.8 Å². The lowest BCUT2D eigenvalue weighted by Gasteiger charge is -2.07. The molecular formula is C13H6BrF3N2OS. The molecule has 0 saturated heterocycles. The SMILES string of the molecule is FC(F)(F)c1nsc(Oc2ccc3ccccc3c2Br)n1. The highest BCUT2D eigenvalue weighted by Gasteiger charge is 2.36. The van der Waals surface area contributed by atoms with Crippen LogP contribution in [0.5, 0.6) is 10.9 Å². The van der Waals surface area contributed by atoms with Crippen LogP contribution in [-0.2, 0) is 6.18 Å². The number of ether oxygens (including phenoxy) is 1. The molecule has 0 atom stereocenters. The average molecular weight is 375 g/mol. The van der Waals surface area contributed by atoms with E-state index in [2.05, 4.69) is 25.3 Å². The molecule has 1 aromatic heterocycles. The number of halogens is 4. The third-order valence-electron chi connectivity index (χ3n) is 2.69. The molecule has 0 saturated carbocycles. The zero-order valence-electron chi connectivity index (χ0n) is 10.2. The van der Waals surface area contributed by atoms with Crippen LogP contribution in [0, 0.1) is 0 Å².